The van der Waals surface area contributed by atoms with E-state index >= 15 is 0 Å². The molecular formula is C55H35N3S. The molecule has 0 saturated carbocycles. The second kappa shape index (κ2) is 12.4. The number of hydrogen-bond donors (Lipinski definition) is 0. The van der Waals surface area contributed by atoms with E-state index in [-0.39, 0.29) is 0 Å². The van der Waals surface area contributed by atoms with Gasteiger partial charge in [-0.1, -0.05) is 145 Å². The molecule has 0 N–H and O–H groups in total. The van der Waals surface area contributed by atoms with Gasteiger partial charge in [-0.2, -0.15) is 0 Å². The molecule has 3 heterocycles. The van der Waals surface area contributed by atoms with E-state index in [9.17, 15) is 0 Å². The summed E-state index contributed by atoms with van der Waals surface area (Å²) in [5, 5.41) is 2.54. The molecule has 0 amide bonds. The van der Waals surface area contributed by atoms with Crippen molar-refractivity contribution in [2.45, 2.75) is 15.2 Å². The smallest absolute Gasteiger partial charge is 0.0754 e. The molecule has 276 valence electrons. The fourth-order valence-corrected chi connectivity index (χ4v) is 11.7. The number of aromatic nitrogens is 1. The molecule has 4 heteroatoms. The van der Waals surface area contributed by atoms with Crippen molar-refractivity contribution in [1.29, 1.82) is 0 Å². The van der Waals surface area contributed by atoms with E-state index < -0.39 is 5.41 Å². The van der Waals surface area contributed by atoms with Gasteiger partial charge in [-0.15, -0.1) is 0 Å². The molecule has 1 spiro atoms. The van der Waals surface area contributed by atoms with Crippen LogP contribution in [-0.2, 0) is 5.41 Å². The van der Waals surface area contributed by atoms with Crippen LogP contribution in [0.3, 0.4) is 0 Å². The first kappa shape index (κ1) is 32.8. The van der Waals surface area contributed by atoms with E-state index in [1.165, 1.54) is 87.7 Å². The second-order valence-electron chi connectivity index (χ2n) is 15.6. The highest BCUT2D eigenvalue weighted by Crippen LogP contribution is 2.67. The van der Waals surface area contributed by atoms with Gasteiger partial charge in [-0.05, 0) is 107 Å². The van der Waals surface area contributed by atoms with Crippen LogP contribution in [0.2, 0.25) is 0 Å². The SMILES string of the molecule is c1ccc(N2c3ccccc3C3(c4ccccc4-c4c3ccc3c4Sc4ccccc4N3c3ccc(-n4c5ccccc5c5ccccc54)cc3)c3ccccc32)cc1. The average molecular weight is 770 g/mol. The van der Waals surface area contributed by atoms with Gasteiger partial charge in [-0.25, -0.2) is 0 Å². The van der Waals surface area contributed by atoms with Crippen molar-refractivity contribution in [3.63, 3.8) is 0 Å². The fourth-order valence-electron chi connectivity index (χ4n) is 10.5. The van der Waals surface area contributed by atoms with Crippen molar-refractivity contribution in [1.82, 2.24) is 4.57 Å². The van der Waals surface area contributed by atoms with Crippen LogP contribution in [0.4, 0.5) is 34.1 Å². The van der Waals surface area contributed by atoms with Crippen LogP contribution < -0.4 is 9.80 Å². The van der Waals surface area contributed by atoms with Gasteiger partial charge in [0.05, 0.1) is 39.2 Å². The van der Waals surface area contributed by atoms with Crippen molar-refractivity contribution >= 4 is 67.7 Å². The normalized spacial score (nSPS) is 14.1. The molecule has 0 fully saturated rings. The topological polar surface area (TPSA) is 11.4 Å². The average Bonchev–Trinajstić information content (AvgIpc) is 3.80. The number of fused-ring (bicyclic) bond motifs is 15. The molecule has 3 nitrogen and oxygen atoms in total. The molecule has 3 aliphatic rings. The first-order valence-corrected chi connectivity index (χ1v) is 21.1. The van der Waals surface area contributed by atoms with Gasteiger partial charge in [0.15, 0.2) is 0 Å². The van der Waals surface area contributed by atoms with Crippen LogP contribution in [0.1, 0.15) is 22.3 Å². The van der Waals surface area contributed by atoms with E-state index in [2.05, 4.69) is 227 Å². The number of para-hydroxylation sites is 6. The number of rotatable bonds is 3. The van der Waals surface area contributed by atoms with Crippen LogP contribution >= 0.6 is 11.8 Å². The lowest BCUT2D eigenvalue weighted by Gasteiger charge is -2.45. The summed E-state index contributed by atoms with van der Waals surface area (Å²) < 4.78 is 2.39. The van der Waals surface area contributed by atoms with E-state index in [1.807, 2.05) is 11.8 Å². The number of hydrogen-bond acceptors (Lipinski definition) is 3. The van der Waals surface area contributed by atoms with E-state index in [0.717, 1.165) is 17.1 Å². The summed E-state index contributed by atoms with van der Waals surface area (Å²) >= 11 is 1.91. The summed E-state index contributed by atoms with van der Waals surface area (Å²) in [7, 11) is 0. The molecule has 10 aromatic rings. The molecule has 9 aromatic carbocycles. The first-order valence-electron chi connectivity index (χ1n) is 20.3. The Bertz CT molecular complexity index is 3230. The molecule has 0 atom stereocenters. The summed E-state index contributed by atoms with van der Waals surface area (Å²) in [6.07, 6.45) is 0. The zero-order valence-corrected chi connectivity index (χ0v) is 32.8. The van der Waals surface area contributed by atoms with Gasteiger partial charge in [0, 0.05) is 43.2 Å². The summed E-state index contributed by atoms with van der Waals surface area (Å²) in [5.41, 5.74) is 18.1. The van der Waals surface area contributed by atoms with Gasteiger partial charge in [0.2, 0.25) is 0 Å². The Morgan fingerprint density at radius 3 is 1.54 bits per heavy atom. The molecule has 0 unspecified atom stereocenters. The standard InChI is InChI=1S/C55H35N3S/c1-2-16-36(17-3-1)57-48-26-12-8-22-43(48)55(44-23-9-13-27-49(44)57)42-21-7-4-20-41(42)53-45(55)34-35-51-54(53)59-52-29-15-14-28-50(52)58(51)38-32-30-37(31-33-38)56-46-24-10-5-18-39(46)40-19-6-11-25-47(40)56/h1-35H. The predicted molar refractivity (Wildman–Crippen MR) is 245 cm³/mol. The molecule has 0 saturated heterocycles. The minimum absolute atomic E-state index is 0.508. The van der Waals surface area contributed by atoms with Gasteiger partial charge in [-0.3, -0.25) is 0 Å². The highest BCUT2D eigenvalue weighted by Gasteiger charge is 2.53. The Morgan fingerprint density at radius 2 is 0.847 bits per heavy atom. The maximum atomic E-state index is 2.48. The minimum atomic E-state index is -0.508. The third kappa shape index (κ3) is 4.39. The van der Waals surface area contributed by atoms with Gasteiger partial charge < -0.3 is 14.4 Å². The molecule has 1 aromatic heterocycles. The van der Waals surface area contributed by atoms with Crippen molar-refractivity contribution in [2.75, 3.05) is 9.80 Å². The highest BCUT2D eigenvalue weighted by atomic mass is 32.2. The highest BCUT2D eigenvalue weighted by molar-refractivity contribution is 8.00. The van der Waals surface area contributed by atoms with E-state index in [4.69, 9.17) is 0 Å². The van der Waals surface area contributed by atoms with Crippen molar-refractivity contribution in [3.8, 4) is 16.8 Å². The van der Waals surface area contributed by atoms with Gasteiger partial charge in [0.25, 0.3) is 0 Å². The molecule has 0 radical (unpaired) electrons. The summed E-state index contributed by atoms with van der Waals surface area (Å²) in [5.74, 6) is 0. The van der Waals surface area contributed by atoms with E-state index in [1.54, 1.807) is 0 Å². The van der Waals surface area contributed by atoms with Crippen molar-refractivity contribution in [3.05, 3.63) is 235 Å². The Labute approximate surface area is 347 Å². The molecule has 13 rings (SSSR count). The Balaban J connectivity index is 1.03. The third-order valence-corrected chi connectivity index (χ3v) is 13.9. The Kier molecular flexibility index (Phi) is 6.87. The fraction of sp³-hybridized carbons (Fsp3) is 0.0182. The van der Waals surface area contributed by atoms with Gasteiger partial charge >= 0.3 is 0 Å². The van der Waals surface area contributed by atoms with Crippen molar-refractivity contribution < 1.29 is 0 Å². The molecule has 59 heavy (non-hydrogen) atoms. The molecule has 0 bridgehead atoms. The lowest BCUT2D eigenvalue weighted by atomic mass is 9.64. The van der Waals surface area contributed by atoms with Crippen LogP contribution in [0, 0.1) is 0 Å². The van der Waals surface area contributed by atoms with E-state index in [0.29, 0.717) is 0 Å². The molecule has 1 aliphatic carbocycles. The third-order valence-electron chi connectivity index (χ3n) is 12.8. The van der Waals surface area contributed by atoms with Crippen LogP contribution in [0.15, 0.2) is 222 Å². The lowest BCUT2D eigenvalue weighted by Crippen LogP contribution is -2.36. The Hall–Kier alpha value is -7.27. The maximum absolute atomic E-state index is 2.48. The minimum Gasteiger partial charge on any atom is -0.310 e. The Morgan fingerprint density at radius 1 is 0.339 bits per heavy atom. The number of benzene rings is 9. The zero-order valence-electron chi connectivity index (χ0n) is 32.0. The van der Waals surface area contributed by atoms with Crippen LogP contribution in [0.5, 0.6) is 0 Å². The summed E-state index contributed by atoms with van der Waals surface area (Å²) in [6, 6.07) is 78.4. The summed E-state index contributed by atoms with van der Waals surface area (Å²) in [6.45, 7) is 0. The summed E-state index contributed by atoms with van der Waals surface area (Å²) in [4.78, 5) is 7.46. The molecular weight excluding hydrogens is 735 g/mol. The predicted octanol–water partition coefficient (Wildman–Crippen LogP) is 14.9. The lowest BCUT2D eigenvalue weighted by molar-refractivity contribution is 0.751. The van der Waals surface area contributed by atoms with Crippen LogP contribution in [0.25, 0.3) is 38.6 Å². The van der Waals surface area contributed by atoms with Gasteiger partial charge in [0.1, 0.15) is 0 Å². The first-order chi connectivity index (χ1) is 29.3. The molecule has 2 aliphatic heterocycles. The largest absolute Gasteiger partial charge is 0.310 e. The zero-order chi connectivity index (χ0) is 38.7. The number of anilines is 6. The quantitative estimate of drug-likeness (QED) is 0.177. The van der Waals surface area contributed by atoms with Crippen LogP contribution in [-0.4, -0.2) is 4.57 Å². The monoisotopic (exact) mass is 769 g/mol. The number of nitrogens with zero attached hydrogens (tertiary/aromatic N) is 3. The van der Waals surface area contributed by atoms with Crippen molar-refractivity contribution in [2.24, 2.45) is 0 Å². The second-order valence-corrected chi connectivity index (χ2v) is 16.7. The maximum Gasteiger partial charge on any atom is 0.0754 e.